The minimum atomic E-state index is -0.0763. The number of carbonyl (C=O) groups excluding carboxylic acids is 1. The summed E-state index contributed by atoms with van der Waals surface area (Å²) in [5.74, 6) is 0.871. The van der Waals surface area contributed by atoms with Crippen LogP contribution in [0.15, 0.2) is 27.9 Å². The van der Waals surface area contributed by atoms with Gasteiger partial charge in [0.1, 0.15) is 5.15 Å². The lowest BCUT2D eigenvalue weighted by Gasteiger charge is -2.41. The van der Waals surface area contributed by atoms with Gasteiger partial charge in [-0.05, 0) is 74.1 Å². The Morgan fingerprint density at radius 1 is 1.38 bits per heavy atom. The third kappa shape index (κ3) is 6.71. The SMILES string of the molecule is C/N=C(\NC)N(Cc1ccsc1)C1CCN([C@H](C)CCNC(=O)c2c(C)cc(Cl)nc2C)CC1. The second-order valence-corrected chi connectivity index (χ2v) is 10.1. The third-order valence-corrected chi connectivity index (χ3v) is 7.57. The zero-order chi connectivity index (χ0) is 24.7. The molecule has 9 heteroatoms. The molecular weight excluding hydrogens is 468 g/mol. The first kappa shape index (κ1) is 26.4. The molecule has 2 N–H and O–H groups in total. The summed E-state index contributed by atoms with van der Waals surface area (Å²) in [6.45, 7) is 9.57. The number of likely N-dealkylation sites (tertiary alicyclic amines) is 1. The maximum Gasteiger partial charge on any atom is 0.253 e. The molecule has 0 aliphatic carbocycles. The summed E-state index contributed by atoms with van der Waals surface area (Å²) >= 11 is 7.73. The molecule has 3 heterocycles. The molecule has 0 radical (unpaired) electrons. The van der Waals surface area contributed by atoms with E-state index >= 15 is 0 Å². The molecule has 1 saturated heterocycles. The highest BCUT2D eigenvalue weighted by Gasteiger charge is 2.28. The van der Waals surface area contributed by atoms with Gasteiger partial charge in [0, 0.05) is 52.4 Å². The number of nitrogens with one attached hydrogen (secondary N) is 2. The van der Waals surface area contributed by atoms with Gasteiger partial charge in [0.25, 0.3) is 5.91 Å². The molecule has 2 aromatic heterocycles. The highest BCUT2D eigenvalue weighted by atomic mass is 35.5. The van der Waals surface area contributed by atoms with E-state index in [-0.39, 0.29) is 5.91 Å². The van der Waals surface area contributed by atoms with Crippen LogP contribution in [0.1, 0.15) is 53.4 Å². The van der Waals surface area contributed by atoms with Crippen molar-refractivity contribution in [1.29, 1.82) is 0 Å². The van der Waals surface area contributed by atoms with Crippen molar-refractivity contribution in [1.82, 2.24) is 25.4 Å². The molecule has 0 bridgehead atoms. The molecule has 1 aliphatic heterocycles. The average Bonchev–Trinajstić information content (AvgIpc) is 3.32. The van der Waals surface area contributed by atoms with E-state index < -0.39 is 0 Å². The van der Waals surface area contributed by atoms with E-state index in [1.807, 2.05) is 27.9 Å². The highest BCUT2D eigenvalue weighted by Crippen LogP contribution is 2.22. The zero-order valence-electron chi connectivity index (χ0n) is 20.9. The van der Waals surface area contributed by atoms with E-state index in [1.54, 1.807) is 17.4 Å². The largest absolute Gasteiger partial charge is 0.359 e. The fraction of sp³-hybridized carbons (Fsp3) is 0.560. The molecule has 1 aliphatic rings. The summed E-state index contributed by atoms with van der Waals surface area (Å²) < 4.78 is 0. The number of piperidine rings is 1. The number of thiophene rings is 1. The molecule has 0 saturated carbocycles. The Morgan fingerprint density at radius 3 is 2.71 bits per heavy atom. The highest BCUT2D eigenvalue weighted by molar-refractivity contribution is 7.07. The minimum Gasteiger partial charge on any atom is -0.359 e. The van der Waals surface area contributed by atoms with Crippen molar-refractivity contribution >= 4 is 34.8 Å². The number of aliphatic imine (C=N–C) groups is 1. The van der Waals surface area contributed by atoms with Gasteiger partial charge in [-0.3, -0.25) is 9.79 Å². The molecule has 3 rings (SSSR count). The first-order valence-corrected chi connectivity index (χ1v) is 13.2. The second kappa shape index (κ2) is 12.5. The van der Waals surface area contributed by atoms with Gasteiger partial charge in [0.05, 0.1) is 11.3 Å². The molecular formula is C25H37ClN6OS. The van der Waals surface area contributed by atoms with E-state index in [4.69, 9.17) is 11.6 Å². The van der Waals surface area contributed by atoms with Crippen LogP contribution in [0.2, 0.25) is 5.15 Å². The predicted molar refractivity (Wildman–Crippen MR) is 142 cm³/mol. The number of aromatic nitrogens is 1. The number of amides is 1. The van der Waals surface area contributed by atoms with E-state index in [1.165, 1.54) is 5.56 Å². The van der Waals surface area contributed by atoms with Gasteiger partial charge in [-0.1, -0.05) is 11.6 Å². The number of hydrogen-bond donors (Lipinski definition) is 2. The zero-order valence-corrected chi connectivity index (χ0v) is 22.5. The molecule has 0 spiro atoms. The van der Waals surface area contributed by atoms with Crippen LogP contribution in [0.25, 0.3) is 0 Å². The van der Waals surface area contributed by atoms with Crippen LogP contribution in [0, 0.1) is 13.8 Å². The van der Waals surface area contributed by atoms with E-state index in [0.29, 0.717) is 35.0 Å². The maximum atomic E-state index is 12.7. The number of carbonyl (C=O) groups is 1. The van der Waals surface area contributed by atoms with Crippen molar-refractivity contribution in [2.45, 2.75) is 58.7 Å². The van der Waals surface area contributed by atoms with Crippen LogP contribution < -0.4 is 10.6 Å². The van der Waals surface area contributed by atoms with Gasteiger partial charge in [-0.25, -0.2) is 4.98 Å². The van der Waals surface area contributed by atoms with Gasteiger partial charge >= 0.3 is 0 Å². The van der Waals surface area contributed by atoms with Crippen molar-refractivity contribution in [3.05, 3.63) is 50.4 Å². The number of rotatable bonds is 8. The molecule has 1 atom stereocenters. The van der Waals surface area contributed by atoms with Crippen molar-refractivity contribution in [3.63, 3.8) is 0 Å². The number of nitrogens with zero attached hydrogens (tertiary/aromatic N) is 4. The van der Waals surface area contributed by atoms with Crippen LogP contribution in [0.4, 0.5) is 0 Å². The predicted octanol–water partition coefficient (Wildman–Crippen LogP) is 4.09. The number of guanidine groups is 1. The Morgan fingerprint density at radius 2 is 2.12 bits per heavy atom. The lowest BCUT2D eigenvalue weighted by Crippen LogP contribution is -2.51. The number of pyridine rings is 1. The number of halogens is 1. The Hall–Kier alpha value is -2.16. The topological polar surface area (TPSA) is 72.9 Å². The van der Waals surface area contributed by atoms with Crippen LogP contribution in [-0.4, -0.2) is 72.5 Å². The molecule has 0 aromatic carbocycles. The summed E-state index contributed by atoms with van der Waals surface area (Å²) in [7, 11) is 3.79. The summed E-state index contributed by atoms with van der Waals surface area (Å²) in [5.41, 5.74) is 3.48. The van der Waals surface area contributed by atoms with E-state index in [2.05, 4.69) is 54.2 Å². The monoisotopic (exact) mass is 504 g/mol. The number of hydrogen-bond acceptors (Lipinski definition) is 5. The van der Waals surface area contributed by atoms with Crippen molar-refractivity contribution < 1.29 is 4.79 Å². The van der Waals surface area contributed by atoms with Gasteiger partial charge in [0.15, 0.2) is 5.96 Å². The van der Waals surface area contributed by atoms with Crippen molar-refractivity contribution in [2.75, 3.05) is 33.7 Å². The minimum absolute atomic E-state index is 0.0763. The second-order valence-electron chi connectivity index (χ2n) is 8.94. The Bertz CT molecular complexity index is 949. The van der Waals surface area contributed by atoms with Crippen LogP contribution >= 0.6 is 22.9 Å². The van der Waals surface area contributed by atoms with Gasteiger partial charge in [-0.2, -0.15) is 11.3 Å². The Kier molecular flexibility index (Phi) is 9.74. The molecule has 2 aromatic rings. The molecule has 0 unspecified atom stereocenters. The van der Waals surface area contributed by atoms with Gasteiger partial charge in [-0.15, -0.1) is 0 Å². The maximum absolute atomic E-state index is 12.7. The molecule has 186 valence electrons. The first-order valence-electron chi connectivity index (χ1n) is 11.9. The smallest absolute Gasteiger partial charge is 0.253 e. The lowest BCUT2D eigenvalue weighted by atomic mass is 10.0. The van der Waals surface area contributed by atoms with Crippen molar-refractivity contribution in [2.24, 2.45) is 4.99 Å². The van der Waals surface area contributed by atoms with Crippen LogP contribution in [-0.2, 0) is 6.54 Å². The average molecular weight is 505 g/mol. The molecule has 34 heavy (non-hydrogen) atoms. The quantitative estimate of drug-likeness (QED) is 0.322. The summed E-state index contributed by atoms with van der Waals surface area (Å²) in [6.07, 6.45) is 3.10. The molecule has 7 nitrogen and oxygen atoms in total. The fourth-order valence-electron chi connectivity index (χ4n) is 4.77. The molecule has 1 amide bonds. The Labute approximate surface area is 212 Å². The molecule has 1 fully saturated rings. The first-order chi connectivity index (χ1) is 16.3. The van der Waals surface area contributed by atoms with Crippen molar-refractivity contribution in [3.8, 4) is 0 Å². The summed E-state index contributed by atoms with van der Waals surface area (Å²) in [6, 6.07) is 4.79. The van der Waals surface area contributed by atoms with E-state index in [0.717, 1.165) is 50.4 Å². The lowest BCUT2D eigenvalue weighted by molar-refractivity contribution is 0.0934. The van der Waals surface area contributed by atoms with Gasteiger partial charge in [0.2, 0.25) is 0 Å². The summed E-state index contributed by atoms with van der Waals surface area (Å²) in [4.78, 5) is 26.3. The van der Waals surface area contributed by atoms with Crippen LogP contribution in [0.5, 0.6) is 0 Å². The Balaban J connectivity index is 1.50. The van der Waals surface area contributed by atoms with Gasteiger partial charge < -0.3 is 20.4 Å². The summed E-state index contributed by atoms with van der Waals surface area (Å²) in [5, 5.41) is 11.1. The normalized spacial score (nSPS) is 16.4. The van der Waals surface area contributed by atoms with E-state index in [9.17, 15) is 4.79 Å². The third-order valence-electron chi connectivity index (χ3n) is 6.64. The fourth-order valence-corrected chi connectivity index (χ4v) is 5.72. The number of aryl methyl sites for hydroxylation is 2. The standard InChI is InChI=1S/C25H37ClN6OS/c1-17-14-22(26)30-19(3)23(17)24(33)29-10-6-18(2)31-11-7-21(8-12-31)32(25(27-4)28-5)15-20-9-13-34-16-20/h9,13-14,16,18,21H,6-8,10-12,15H2,1-5H3,(H,27,28)(H,29,33)/t18-/m1/s1. The van der Waals surface area contributed by atoms with Crippen LogP contribution in [0.3, 0.4) is 0 Å².